The SMILES string of the molecule is CCCOc1cc(NCc2cccc(Cl)c2)ccc1N. The summed E-state index contributed by atoms with van der Waals surface area (Å²) in [6.07, 6.45) is 0.958. The Morgan fingerprint density at radius 1 is 1.20 bits per heavy atom. The molecule has 0 amide bonds. The molecule has 2 aromatic rings. The van der Waals surface area contributed by atoms with E-state index < -0.39 is 0 Å². The van der Waals surface area contributed by atoms with Crippen LogP contribution in [0.15, 0.2) is 42.5 Å². The third kappa shape index (κ3) is 4.07. The van der Waals surface area contributed by atoms with Crippen molar-refractivity contribution < 1.29 is 4.74 Å². The summed E-state index contributed by atoms with van der Waals surface area (Å²) in [6, 6.07) is 13.5. The Morgan fingerprint density at radius 3 is 2.80 bits per heavy atom. The first kappa shape index (κ1) is 14.5. The Kier molecular flexibility index (Phi) is 5.13. The number of halogens is 1. The first-order chi connectivity index (χ1) is 9.69. The number of nitrogens with one attached hydrogen (secondary N) is 1. The lowest BCUT2D eigenvalue weighted by Gasteiger charge is -2.12. The maximum absolute atomic E-state index is 5.97. The molecule has 2 aromatic carbocycles. The second-order valence-electron chi connectivity index (χ2n) is 4.58. The average molecular weight is 291 g/mol. The standard InChI is InChI=1S/C16H19ClN2O/c1-2-8-20-16-10-14(6-7-15(16)18)19-11-12-4-3-5-13(17)9-12/h3-7,9-10,19H,2,8,11,18H2,1H3. The molecule has 0 atom stereocenters. The van der Waals surface area contributed by atoms with Gasteiger partial charge in [0.15, 0.2) is 0 Å². The van der Waals surface area contributed by atoms with Crippen LogP contribution in [-0.2, 0) is 6.54 Å². The molecule has 3 N–H and O–H groups in total. The topological polar surface area (TPSA) is 47.3 Å². The Morgan fingerprint density at radius 2 is 2.05 bits per heavy atom. The number of benzene rings is 2. The van der Waals surface area contributed by atoms with Crippen molar-refractivity contribution in [1.82, 2.24) is 0 Å². The second kappa shape index (κ2) is 7.06. The summed E-state index contributed by atoms with van der Waals surface area (Å²) >= 11 is 5.97. The minimum atomic E-state index is 0.659. The zero-order valence-electron chi connectivity index (χ0n) is 11.5. The zero-order chi connectivity index (χ0) is 14.4. The van der Waals surface area contributed by atoms with Crippen LogP contribution in [-0.4, -0.2) is 6.61 Å². The molecule has 4 heteroatoms. The van der Waals surface area contributed by atoms with Crippen LogP contribution in [0.25, 0.3) is 0 Å². The van der Waals surface area contributed by atoms with Crippen LogP contribution in [0.2, 0.25) is 5.02 Å². The molecule has 0 unspecified atom stereocenters. The highest BCUT2D eigenvalue weighted by molar-refractivity contribution is 6.30. The van der Waals surface area contributed by atoms with Gasteiger partial charge in [-0.05, 0) is 36.2 Å². The van der Waals surface area contributed by atoms with Crippen molar-refractivity contribution in [2.75, 3.05) is 17.7 Å². The van der Waals surface area contributed by atoms with Crippen LogP contribution < -0.4 is 15.8 Å². The molecule has 0 aromatic heterocycles. The summed E-state index contributed by atoms with van der Waals surface area (Å²) in [5.74, 6) is 0.725. The molecular formula is C16H19ClN2O. The molecular weight excluding hydrogens is 272 g/mol. The molecule has 0 saturated carbocycles. The lowest BCUT2D eigenvalue weighted by atomic mass is 10.2. The minimum Gasteiger partial charge on any atom is -0.491 e. The van der Waals surface area contributed by atoms with E-state index in [1.807, 2.05) is 42.5 Å². The summed E-state index contributed by atoms with van der Waals surface area (Å²) in [5.41, 5.74) is 8.65. The fourth-order valence-corrected chi connectivity index (χ4v) is 2.05. The molecule has 106 valence electrons. The minimum absolute atomic E-state index is 0.659. The van der Waals surface area contributed by atoms with Gasteiger partial charge in [-0.15, -0.1) is 0 Å². The molecule has 3 nitrogen and oxygen atoms in total. The van der Waals surface area contributed by atoms with Crippen molar-refractivity contribution in [1.29, 1.82) is 0 Å². The van der Waals surface area contributed by atoms with Crippen molar-refractivity contribution in [3.8, 4) is 5.75 Å². The number of nitrogens with two attached hydrogens (primary N) is 1. The smallest absolute Gasteiger partial charge is 0.144 e. The molecule has 20 heavy (non-hydrogen) atoms. The summed E-state index contributed by atoms with van der Waals surface area (Å²) in [5, 5.41) is 4.08. The molecule has 0 heterocycles. The van der Waals surface area contributed by atoms with Crippen LogP contribution in [0.3, 0.4) is 0 Å². The van der Waals surface area contributed by atoms with E-state index in [1.54, 1.807) is 0 Å². The predicted octanol–water partition coefficient (Wildman–Crippen LogP) is 4.32. The molecule has 0 aliphatic heterocycles. The van der Waals surface area contributed by atoms with Crippen molar-refractivity contribution >= 4 is 23.0 Å². The van der Waals surface area contributed by atoms with Gasteiger partial charge in [-0.25, -0.2) is 0 Å². The Labute approximate surface area is 124 Å². The van der Waals surface area contributed by atoms with Gasteiger partial charge in [0.1, 0.15) is 5.75 Å². The van der Waals surface area contributed by atoms with Gasteiger partial charge in [0, 0.05) is 23.3 Å². The van der Waals surface area contributed by atoms with E-state index in [9.17, 15) is 0 Å². The van der Waals surface area contributed by atoms with Crippen molar-refractivity contribution in [3.05, 3.63) is 53.1 Å². The van der Waals surface area contributed by atoms with Crippen LogP contribution >= 0.6 is 11.6 Å². The largest absolute Gasteiger partial charge is 0.491 e. The van der Waals surface area contributed by atoms with Crippen molar-refractivity contribution in [2.45, 2.75) is 19.9 Å². The highest BCUT2D eigenvalue weighted by Gasteiger charge is 2.02. The summed E-state index contributed by atoms with van der Waals surface area (Å²) in [4.78, 5) is 0. The fourth-order valence-electron chi connectivity index (χ4n) is 1.83. The Balaban J connectivity index is 2.02. The number of rotatable bonds is 6. The highest BCUT2D eigenvalue weighted by atomic mass is 35.5. The van der Waals surface area contributed by atoms with Gasteiger partial charge < -0.3 is 15.8 Å². The van der Waals surface area contributed by atoms with Gasteiger partial charge in [-0.3, -0.25) is 0 Å². The molecule has 0 saturated heterocycles. The summed E-state index contributed by atoms with van der Waals surface area (Å²) in [7, 11) is 0. The van der Waals surface area contributed by atoms with Gasteiger partial charge in [0.05, 0.1) is 12.3 Å². The lowest BCUT2D eigenvalue weighted by molar-refractivity contribution is 0.319. The van der Waals surface area contributed by atoms with Gasteiger partial charge in [-0.2, -0.15) is 0 Å². The van der Waals surface area contributed by atoms with E-state index in [-0.39, 0.29) is 0 Å². The fraction of sp³-hybridized carbons (Fsp3) is 0.250. The lowest BCUT2D eigenvalue weighted by Crippen LogP contribution is -2.02. The van der Waals surface area contributed by atoms with Gasteiger partial charge in [0.25, 0.3) is 0 Å². The maximum atomic E-state index is 5.97. The van der Waals surface area contributed by atoms with Gasteiger partial charge in [0.2, 0.25) is 0 Å². The number of hydrogen-bond donors (Lipinski definition) is 2. The first-order valence-corrected chi connectivity index (χ1v) is 7.07. The maximum Gasteiger partial charge on any atom is 0.144 e. The van der Waals surface area contributed by atoms with Crippen LogP contribution in [0, 0.1) is 0 Å². The quantitative estimate of drug-likeness (QED) is 0.779. The normalized spacial score (nSPS) is 10.3. The van der Waals surface area contributed by atoms with Crippen molar-refractivity contribution in [2.24, 2.45) is 0 Å². The van der Waals surface area contributed by atoms with Crippen LogP contribution in [0.4, 0.5) is 11.4 Å². The number of anilines is 2. The van der Waals surface area contributed by atoms with Crippen LogP contribution in [0.1, 0.15) is 18.9 Å². The van der Waals surface area contributed by atoms with E-state index in [4.69, 9.17) is 22.1 Å². The summed E-state index contributed by atoms with van der Waals surface area (Å²) in [6.45, 7) is 3.44. The predicted molar refractivity (Wildman–Crippen MR) is 85.4 cm³/mol. The first-order valence-electron chi connectivity index (χ1n) is 6.69. The van der Waals surface area contributed by atoms with E-state index in [0.717, 1.165) is 28.4 Å². The van der Waals surface area contributed by atoms with E-state index >= 15 is 0 Å². The van der Waals surface area contributed by atoms with E-state index in [2.05, 4.69) is 12.2 Å². The average Bonchev–Trinajstić information content (AvgIpc) is 2.45. The molecule has 0 aliphatic rings. The highest BCUT2D eigenvalue weighted by Crippen LogP contribution is 2.26. The molecule has 0 radical (unpaired) electrons. The van der Waals surface area contributed by atoms with Gasteiger partial charge >= 0.3 is 0 Å². The van der Waals surface area contributed by atoms with Gasteiger partial charge in [-0.1, -0.05) is 30.7 Å². The number of ether oxygens (including phenoxy) is 1. The third-order valence-corrected chi connectivity index (χ3v) is 3.10. The molecule has 0 bridgehead atoms. The van der Waals surface area contributed by atoms with Crippen LogP contribution in [0.5, 0.6) is 5.75 Å². The second-order valence-corrected chi connectivity index (χ2v) is 5.02. The summed E-state index contributed by atoms with van der Waals surface area (Å²) < 4.78 is 5.61. The molecule has 0 fully saturated rings. The van der Waals surface area contributed by atoms with E-state index in [1.165, 1.54) is 0 Å². The monoisotopic (exact) mass is 290 g/mol. The zero-order valence-corrected chi connectivity index (χ0v) is 12.3. The Bertz CT molecular complexity index is 572. The third-order valence-electron chi connectivity index (χ3n) is 2.86. The number of nitrogen functional groups attached to an aromatic ring is 1. The number of hydrogen-bond acceptors (Lipinski definition) is 3. The van der Waals surface area contributed by atoms with Crippen molar-refractivity contribution in [3.63, 3.8) is 0 Å². The molecule has 2 rings (SSSR count). The molecule has 0 spiro atoms. The molecule has 0 aliphatic carbocycles. The Hall–Kier alpha value is -1.87. The van der Waals surface area contributed by atoms with E-state index in [0.29, 0.717) is 18.8 Å².